The molecule has 0 bridgehead atoms. The Kier molecular flexibility index (Phi) is 2.28. The number of carbonyl (C=O) groups is 1. The number of hydrogen-bond donors (Lipinski definition) is 2. The molecule has 3 N–H and O–H groups in total. The Balaban J connectivity index is 2.41. The van der Waals surface area contributed by atoms with Crippen molar-refractivity contribution in [2.45, 2.75) is 19.4 Å². The van der Waals surface area contributed by atoms with Gasteiger partial charge in [0, 0.05) is 20.1 Å². The van der Waals surface area contributed by atoms with E-state index < -0.39 is 0 Å². The molecular formula is C8H17N3O. The molecule has 1 aliphatic rings. The van der Waals surface area contributed by atoms with Crippen LogP contribution in [0.15, 0.2) is 0 Å². The highest BCUT2D eigenvalue weighted by Crippen LogP contribution is 2.25. The second kappa shape index (κ2) is 2.94. The lowest BCUT2D eigenvalue weighted by Gasteiger charge is -2.49. The molecule has 4 heteroatoms. The first kappa shape index (κ1) is 9.32. The maximum absolute atomic E-state index is 11.1. The highest BCUT2D eigenvalue weighted by Gasteiger charge is 2.43. The number of urea groups is 1. The summed E-state index contributed by atoms with van der Waals surface area (Å²) in [6.45, 7) is 5.51. The monoisotopic (exact) mass is 171 g/mol. The summed E-state index contributed by atoms with van der Waals surface area (Å²) in [4.78, 5) is 12.8. The minimum atomic E-state index is -0.160. The topological polar surface area (TPSA) is 58.4 Å². The molecule has 0 spiro atoms. The van der Waals surface area contributed by atoms with Crippen LogP contribution in [0.25, 0.3) is 0 Å². The van der Waals surface area contributed by atoms with Crippen LogP contribution in [0, 0.1) is 5.92 Å². The third kappa shape index (κ3) is 1.39. The van der Waals surface area contributed by atoms with Gasteiger partial charge >= 0.3 is 6.03 Å². The van der Waals surface area contributed by atoms with E-state index in [9.17, 15) is 4.79 Å². The number of rotatable bonds is 1. The van der Waals surface area contributed by atoms with Gasteiger partial charge in [-0.2, -0.15) is 0 Å². The maximum Gasteiger partial charge on any atom is 0.317 e. The summed E-state index contributed by atoms with van der Waals surface area (Å²) in [5, 5.41) is 2.58. The molecule has 2 amide bonds. The van der Waals surface area contributed by atoms with E-state index >= 15 is 0 Å². The number of nitrogens with one attached hydrogen (secondary N) is 1. The van der Waals surface area contributed by atoms with Crippen molar-refractivity contribution in [3.05, 3.63) is 0 Å². The van der Waals surface area contributed by atoms with Crippen molar-refractivity contribution in [2.75, 3.05) is 20.1 Å². The SMILES string of the molecule is CNC(=O)N1CC(N)(C(C)C)C1. The van der Waals surface area contributed by atoms with Crippen molar-refractivity contribution in [1.29, 1.82) is 0 Å². The van der Waals surface area contributed by atoms with Crippen molar-refractivity contribution in [3.8, 4) is 0 Å². The van der Waals surface area contributed by atoms with Crippen LogP contribution in [0.5, 0.6) is 0 Å². The van der Waals surface area contributed by atoms with Gasteiger partial charge in [0.05, 0.1) is 5.54 Å². The van der Waals surface area contributed by atoms with Gasteiger partial charge in [-0.1, -0.05) is 13.8 Å². The first-order chi connectivity index (χ1) is 5.49. The fourth-order valence-corrected chi connectivity index (χ4v) is 1.33. The van der Waals surface area contributed by atoms with Crippen LogP contribution in [-0.2, 0) is 0 Å². The lowest BCUT2D eigenvalue weighted by atomic mass is 9.80. The van der Waals surface area contributed by atoms with Crippen molar-refractivity contribution >= 4 is 6.03 Å². The zero-order valence-corrected chi connectivity index (χ0v) is 7.92. The molecule has 0 saturated carbocycles. The average molecular weight is 171 g/mol. The highest BCUT2D eigenvalue weighted by atomic mass is 16.2. The summed E-state index contributed by atoms with van der Waals surface area (Å²) < 4.78 is 0. The van der Waals surface area contributed by atoms with Crippen LogP contribution in [0.2, 0.25) is 0 Å². The van der Waals surface area contributed by atoms with Gasteiger partial charge in [-0.3, -0.25) is 0 Å². The summed E-state index contributed by atoms with van der Waals surface area (Å²) in [5.74, 6) is 0.429. The normalized spacial score (nSPS) is 20.6. The van der Waals surface area contributed by atoms with Crippen LogP contribution >= 0.6 is 0 Å². The second-order valence-corrected chi connectivity index (χ2v) is 3.80. The van der Waals surface area contributed by atoms with Crippen LogP contribution in [0.1, 0.15) is 13.8 Å². The Morgan fingerprint density at radius 1 is 1.58 bits per heavy atom. The van der Waals surface area contributed by atoms with E-state index in [0.29, 0.717) is 19.0 Å². The summed E-state index contributed by atoms with van der Waals surface area (Å²) in [6.07, 6.45) is 0. The number of amides is 2. The zero-order valence-electron chi connectivity index (χ0n) is 7.92. The molecule has 1 fully saturated rings. The van der Waals surface area contributed by atoms with Crippen molar-refractivity contribution < 1.29 is 4.79 Å². The molecule has 4 nitrogen and oxygen atoms in total. The quantitative estimate of drug-likeness (QED) is 0.583. The largest absolute Gasteiger partial charge is 0.341 e. The van der Waals surface area contributed by atoms with Crippen molar-refractivity contribution in [2.24, 2.45) is 11.7 Å². The van der Waals surface area contributed by atoms with Gasteiger partial charge in [-0.15, -0.1) is 0 Å². The molecular weight excluding hydrogens is 154 g/mol. The van der Waals surface area contributed by atoms with Crippen molar-refractivity contribution in [3.63, 3.8) is 0 Å². The second-order valence-electron chi connectivity index (χ2n) is 3.80. The summed E-state index contributed by atoms with van der Waals surface area (Å²) in [6, 6.07) is -0.0308. The zero-order chi connectivity index (χ0) is 9.35. The van der Waals surface area contributed by atoms with E-state index in [1.807, 2.05) is 0 Å². The van der Waals surface area contributed by atoms with E-state index in [4.69, 9.17) is 5.73 Å². The van der Waals surface area contributed by atoms with Gasteiger partial charge in [0.2, 0.25) is 0 Å². The molecule has 70 valence electrons. The van der Waals surface area contributed by atoms with E-state index in [1.54, 1.807) is 11.9 Å². The Hall–Kier alpha value is -0.770. The van der Waals surface area contributed by atoms with Gasteiger partial charge in [-0.05, 0) is 5.92 Å². The van der Waals surface area contributed by atoms with Gasteiger partial charge in [0.1, 0.15) is 0 Å². The average Bonchev–Trinajstić information content (AvgIpc) is 1.96. The molecule has 12 heavy (non-hydrogen) atoms. The van der Waals surface area contributed by atoms with Crippen molar-refractivity contribution in [1.82, 2.24) is 10.2 Å². The molecule has 0 aliphatic carbocycles. The van der Waals surface area contributed by atoms with Crippen LogP contribution in [0.3, 0.4) is 0 Å². The molecule has 1 saturated heterocycles. The lowest BCUT2D eigenvalue weighted by Crippen LogP contribution is -2.72. The number of nitrogens with two attached hydrogens (primary N) is 1. The molecule has 0 atom stereocenters. The molecule has 0 aromatic rings. The van der Waals surface area contributed by atoms with E-state index in [-0.39, 0.29) is 11.6 Å². The Morgan fingerprint density at radius 3 is 2.42 bits per heavy atom. The van der Waals surface area contributed by atoms with Gasteiger partial charge in [0.25, 0.3) is 0 Å². The smallest absolute Gasteiger partial charge is 0.317 e. The minimum absolute atomic E-state index is 0.0308. The number of likely N-dealkylation sites (tertiary alicyclic amines) is 1. The predicted octanol–water partition coefficient (Wildman–Crippen LogP) is -0.00510. The summed E-state index contributed by atoms with van der Waals surface area (Å²) in [7, 11) is 1.63. The lowest BCUT2D eigenvalue weighted by molar-refractivity contribution is 0.0665. The van der Waals surface area contributed by atoms with Crippen LogP contribution in [-0.4, -0.2) is 36.6 Å². The first-order valence-electron chi connectivity index (χ1n) is 4.25. The molecule has 1 aliphatic heterocycles. The van der Waals surface area contributed by atoms with Gasteiger partial charge in [0.15, 0.2) is 0 Å². The Labute approximate surface area is 73.1 Å². The first-order valence-corrected chi connectivity index (χ1v) is 4.25. The predicted molar refractivity (Wildman–Crippen MR) is 47.8 cm³/mol. The Morgan fingerprint density at radius 2 is 2.08 bits per heavy atom. The minimum Gasteiger partial charge on any atom is -0.341 e. The molecule has 0 radical (unpaired) electrons. The fraction of sp³-hybridized carbons (Fsp3) is 0.875. The number of nitrogens with zero attached hydrogens (tertiary/aromatic N) is 1. The highest BCUT2D eigenvalue weighted by molar-refractivity contribution is 5.75. The standard InChI is InChI=1S/C8H17N3O/c1-6(2)8(9)4-11(5-8)7(12)10-3/h6H,4-5,9H2,1-3H3,(H,10,12). The Bertz CT molecular complexity index is 185. The third-order valence-electron chi connectivity index (χ3n) is 2.62. The third-order valence-corrected chi connectivity index (χ3v) is 2.62. The van der Waals surface area contributed by atoms with Gasteiger partial charge in [-0.25, -0.2) is 4.79 Å². The molecule has 0 unspecified atom stereocenters. The molecule has 0 aromatic heterocycles. The molecule has 0 aromatic carbocycles. The van der Waals surface area contributed by atoms with Crippen LogP contribution in [0.4, 0.5) is 4.79 Å². The van der Waals surface area contributed by atoms with Gasteiger partial charge < -0.3 is 16.0 Å². The van der Waals surface area contributed by atoms with Crippen LogP contribution < -0.4 is 11.1 Å². The number of hydrogen-bond acceptors (Lipinski definition) is 2. The van der Waals surface area contributed by atoms with E-state index in [2.05, 4.69) is 19.2 Å². The maximum atomic E-state index is 11.1. The summed E-state index contributed by atoms with van der Waals surface area (Å²) >= 11 is 0. The summed E-state index contributed by atoms with van der Waals surface area (Å²) in [5.41, 5.74) is 5.85. The molecule has 1 rings (SSSR count). The molecule has 1 heterocycles. The fourth-order valence-electron chi connectivity index (χ4n) is 1.33. The number of carbonyl (C=O) groups excluding carboxylic acids is 1. The van der Waals surface area contributed by atoms with E-state index in [1.165, 1.54) is 0 Å². The van der Waals surface area contributed by atoms with E-state index in [0.717, 1.165) is 0 Å².